The summed E-state index contributed by atoms with van der Waals surface area (Å²) in [6.07, 6.45) is 1.49. The van der Waals surface area contributed by atoms with Gasteiger partial charge in [-0.2, -0.15) is 0 Å². The van der Waals surface area contributed by atoms with Gasteiger partial charge in [-0.15, -0.1) is 0 Å². The zero-order valence-corrected chi connectivity index (χ0v) is 13.7. The van der Waals surface area contributed by atoms with E-state index in [4.69, 9.17) is 4.74 Å². The molecule has 0 fully saturated rings. The minimum absolute atomic E-state index is 0.0309. The van der Waals surface area contributed by atoms with Crippen LogP contribution < -0.4 is 15.4 Å². The number of aryl methyl sites for hydroxylation is 1. The predicted octanol–water partition coefficient (Wildman–Crippen LogP) is 2.96. The van der Waals surface area contributed by atoms with Gasteiger partial charge >= 0.3 is 0 Å². The summed E-state index contributed by atoms with van der Waals surface area (Å²) in [5.74, 6) is 0.893. The van der Waals surface area contributed by atoms with Crippen LogP contribution in [0.15, 0.2) is 18.2 Å². The molecule has 0 aliphatic rings. The van der Waals surface area contributed by atoms with Crippen molar-refractivity contribution in [3.63, 3.8) is 0 Å². The lowest BCUT2D eigenvalue weighted by Crippen LogP contribution is -2.24. The molecule has 1 amide bonds. The molecule has 0 spiro atoms. The third-order valence-corrected chi connectivity index (χ3v) is 3.29. The van der Waals surface area contributed by atoms with E-state index in [1.807, 2.05) is 19.1 Å². The molecule has 0 aliphatic carbocycles. The Morgan fingerprint density at radius 2 is 2.10 bits per heavy atom. The maximum Gasteiger partial charge on any atom is 0.223 e. The summed E-state index contributed by atoms with van der Waals surface area (Å²) in [6, 6.07) is 6.42. The molecule has 1 atom stereocenters. The van der Waals surface area contributed by atoms with Crippen LogP contribution in [0, 0.1) is 6.92 Å². The number of amides is 1. The molecule has 1 unspecified atom stereocenters. The molecular weight excluding hydrogens is 264 g/mol. The summed E-state index contributed by atoms with van der Waals surface area (Å²) in [4.78, 5) is 11.4. The molecule has 0 heterocycles. The van der Waals surface area contributed by atoms with Crippen molar-refractivity contribution in [1.29, 1.82) is 0 Å². The average molecular weight is 292 g/mol. The van der Waals surface area contributed by atoms with Gasteiger partial charge in [-0.25, -0.2) is 0 Å². The number of hydrogen-bond acceptors (Lipinski definition) is 3. The Morgan fingerprint density at radius 3 is 2.76 bits per heavy atom. The average Bonchev–Trinajstić information content (AvgIpc) is 2.46. The Bertz CT molecular complexity index is 446. The second kappa shape index (κ2) is 9.40. The summed E-state index contributed by atoms with van der Waals surface area (Å²) in [5, 5.41) is 6.25. The first-order chi connectivity index (χ1) is 10.1. The van der Waals surface area contributed by atoms with Gasteiger partial charge in [-0.05, 0) is 39.8 Å². The first-order valence-electron chi connectivity index (χ1n) is 7.81. The summed E-state index contributed by atoms with van der Waals surface area (Å²) in [5.41, 5.74) is 2.37. The van der Waals surface area contributed by atoms with Crippen molar-refractivity contribution in [2.24, 2.45) is 0 Å². The van der Waals surface area contributed by atoms with E-state index in [0.717, 1.165) is 24.3 Å². The smallest absolute Gasteiger partial charge is 0.223 e. The zero-order valence-electron chi connectivity index (χ0n) is 13.7. The van der Waals surface area contributed by atoms with Gasteiger partial charge in [0.15, 0.2) is 0 Å². The second-order valence-electron chi connectivity index (χ2n) is 5.27. The summed E-state index contributed by atoms with van der Waals surface area (Å²) >= 11 is 0. The normalized spacial score (nSPS) is 12.0. The second-order valence-corrected chi connectivity index (χ2v) is 5.27. The van der Waals surface area contributed by atoms with E-state index in [2.05, 4.69) is 37.5 Å². The van der Waals surface area contributed by atoms with Crippen LogP contribution in [0.4, 0.5) is 0 Å². The standard InChI is InChI=1S/C17H28N2O2/c1-5-10-19-14(4)15-12-13(3)7-8-16(15)21-11-9-17(20)18-6-2/h7-8,12,14,19H,5-6,9-11H2,1-4H3,(H,18,20). The molecule has 0 bridgehead atoms. The molecule has 0 aromatic heterocycles. The van der Waals surface area contributed by atoms with E-state index in [0.29, 0.717) is 19.6 Å². The van der Waals surface area contributed by atoms with E-state index in [1.54, 1.807) is 0 Å². The van der Waals surface area contributed by atoms with Crippen molar-refractivity contribution < 1.29 is 9.53 Å². The molecule has 1 rings (SSSR count). The van der Waals surface area contributed by atoms with Gasteiger partial charge in [0, 0.05) is 18.2 Å². The summed E-state index contributed by atoms with van der Waals surface area (Å²) in [7, 11) is 0. The van der Waals surface area contributed by atoms with Crippen LogP contribution in [0.1, 0.15) is 50.8 Å². The largest absolute Gasteiger partial charge is 0.493 e. The SMILES string of the molecule is CCCNC(C)c1cc(C)ccc1OCCC(=O)NCC. The first kappa shape index (κ1) is 17.5. The molecule has 2 N–H and O–H groups in total. The minimum atomic E-state index is 0.0309. The number of nitrogens with one attached hydrogen (secondary N) is 2. The molecule has 4 nitrogen and oxygen atoms in total. The lowest BCUT2D eigenvalue weighted by molar-refractivity contribution is -0.121. The van der Waals surface area contributed by atoms with Crippen LogP contribution in [0.25, 0.3) is 0 Å². The van der Waals surface area contributed by atoms with Crippen molar-refractivity contribution >= 4 is 5.91 Å². The first-order valence-corrected chi connectivity index (χ1v) is 7.81. The molecule has 118 valence electrons. The van der Waals surface area contributed by atoms with Gasteiger partial charge in [-0.3, -0.25) is 4.79 Å². The minimum Gasteiger partial charge on any atom is -0.493 e. The Morgan fingerprint density at radius 1 is 1.33 bits per heavy atom. The molecule has 0 saturated carbocycles. The van der Waals surface area contributed by atoms with E-state index in [-0.39, 0.29) is 11.9 Å². The fourth-order valence-electron chi connectivity index (χ4n) is 2.15. The molecule has 0 radical (unpaired) electrons. The zero-order chi connectivity index (χ0) is 15.7. The highest BCUT2D eigenvalue weighted by molar-refractivity contribution is 5.75. The number of rotatable bonds is 9. The quantitative estimate of drug-likeness (QED) is 0.735. The number of ether oxygens (including phenoxy) is 1. The third kappa shape index (κ3) is 6.17. The van der Waals surface area contributed by atoms with Crippen LogP contribution in [0.5, 0.6) is 5.75 Å². The van der Waals surface area contributed by atoms with Crippen molar-refractivity contribution in [3.05, 3.63) is 29.3 Å². The molecule has 0 aliphatic heterocycles. The van der Waals surface area contributed by atoms with Crippen molar-refractivity contribution in [3.8, 4) is 5.75 Å². The Balaban J connectivity index is 2.66. The number of carbonyl (C=O) groups is 1. The number of hydrogen-bond donors (Lipinski definition) is 2. The highest BCUT2D eigenvalue weighted by atomic mass is 16.5. The van der Waals surface area contributed by atoms with Crippen LogP contribution in [0.3, 0.4) is 0 Å². The van der Waals surface area contributed by atoms with E-state index >= 15 is 0 Å². The number of benzene rings is 1. The Hall–Kier alpha value is -1.55. The number of carbonyl (C=O) groups excluding carboxylic acids is 1. The fourth-order valence-corrected chi connectivity index (χ4v) is 2.15. The van der Waals surface area contributed by atoms with E-state index in [1.165, 1.54) is 5.56 Å². The molecule has 4 heteroatoms. The Kier molecular flexibility index (Phi) is 7.83. The topological polar surface area (TPSA) is 50.4 Å². The summed E-state index contributed by atoms with van der Waals surface area (Å²) in [6.45, 7) is 10.3. The van der Waals surface area contributed by atoms with Crippen molar-refractivity contribution in [2.75, 3.05) is 19.7 Å². The van der Waals surface area contributed by atoms with Gasteiger partial charge < -0.3 is 15.4 Å². The lowest BCUT2D eigenvalue weighted by Gasteiger charge is -2.19. The van der Waals surface area contributed by atoms with Crippen LogP contribution in [0.2, 0.25) is 0 Å². The molecule has 1 aromatic carbocycles. The molecule has 0 saturated heterocycles. The summed E-state index contributed by atoms with van der Waals surface area (Å²) < 4.78 is 5.81. The van der Waals surface area contributed by atoms with E-state index < -0.39 is 0 Å². The fraction of sp³-hybridized carbons (Fsp3) is 0.588. The van der Waals surface area contributed by atoms with E-state index in [9.17, 15) is 4.79 Å². The van der Waals surface area contributed by atoms with Crippen LogP contribution in [-0.4, -0.2) is 25.6 Å². The molecular formula is C17H28N2O2. The highest BCUT2D eigenvalue weighted by Gasteiger charge is 2.12. The molecule has 1 aromatic rings. The van der Waals surface area contributed by atoms with Gasteiger partial charge in [0.2, 0.25) is 5.91 Å². The highest BCUT2D eigenvalue weighted by Crippen LogP contribution is 2.26. The molecule has 21 heavy (non-hydrogen) atoms. The lowest BCUT2D eigenvalue weighted by atomic mass is 10.0. The van der Waals surface area contributed by atoms with Gasteiger partial charge in [0.25, 0.3) is 0 Å². The monoisotopic (exact) mass is 292 g/mol. The predicted molar refractivity (Wildman–Crippen MR) is 86.7 cm³/mol. The van der Waals surface area contributed by atoms with Crippen molar-refractivity contribution in [1.82, 2.24) is 10.6 Å². The maximum absolute atomic E-state index is 11.4. The van der Waals surface area contributed by atoms with Crippen molar-refractivity contribution in [2.45, 2.75) is 46.6 Å². The van der Waals surface area contributed by atoms with Crippen LogP contribution >= 0.6 is 0 Å². The third-order valence-electron chi connectivity index (χ3n) is 3.29. The van der Waals surface area contributed by atoms with Crippen LogP contribution in [-0.2, 0) is 4.79 Å². The Labute approximate surface area is 128 Å². The van der Waals surface area contributed by atoms with Gasteiger partial charge in [0.1, 0.15) is 5.75 Å². The van der Waals surface area contributed by atoms with Gasteiger partial charge in [0.05, 0.1) is 13.0 Å². The maximum atomic E-state index is 11.4. The van der Waals surface area contributed by atoms with Gasteiger partial charge in [-0.1, -0.05) is 24.6 Å².